The summed E-state index contributed by atoms with van der Waals surface area (Å²) in [7, 11) is 0. The molecule has 1 rings (SSSR count). The van der Waals surface area contributed by atoms with E-state index in [1.54, 1.807) is 0 Å². The minimum atomic E-state index is 0.719. The number of pyridine rings is 1. The van der Waals surface area contributed by atoms with Crippen LogP contribution in [0.25, 0.3) is 0 Å². The molecule has 0 radical (unpaired) electrons. The molecule has 0 aromatic carbocycles. The fourth-order valence-electron chi connectivity index (χ4n) is 0.478. The maximum Gasteiger partial charge on any atom is 0.105 e. The molecule has 0 amide bonds. The average molecular weight is 269 g/mol. The van der Waals surface area contributed by atoms with E-state index < -0.39 is 0 Å². The molecule has 4 heteroatoms. The van der Waals surface area contributed by atoms with E-state index in [9.17, 15) is 0 Å². The van der Waals surface area contributed by atoms with Crippen molar-refractivity contribution in [3.63, 3.8) is 0 Å². The quantitative estimate of drug-likeness (QED) is 0.564. The first-order chi connectivity index (χ1) is 4.18. The molecule has 48 valence electrons. The van der Waals surface area contributed by atoms with Crippen LogP contribution in [-0.2, 0) is 0 Å². The van der Waals surface area contributed by atoms with Crippen molar-refractivity contribution in [2.45, 2.75) is 0 Å². The van der Waals surface area contributed by atoms with Gasteiger partial charge in [-0.15, -0.1) is 0 Å². The summed E-state index contributed by atoms with van der Waals surface area (Å²) < 4.78 is 2.59. The van der Waals surface area contributed by atoms with Gasteiger partial charge < -0.3 is 4.98 Å². The molecule has 1 N–H and O–H groups in total. The second kappa shape index (κ2) is 2.94. The van der Waals surface area contributed by atoms with E-state index in [0.29, 0.717) is 0 Å². The van der Waals surface area contributed by atoms with Gasteiger partial charge in [0.25, 0.3) is 0 Å². The van der Waals surface area contributed by atoms with Crippen molar-refractivity contribution >= 4 is 44.1 Å². The molecular weight excluding hydrogens is 266 g/mol. The molecule has 0 saturated carbocycles. The van der Waals surface area contributed by atoms with Crippen LogP contribution in [0.3, 0.4) is 0 Å². The van der Waals surface area contributed by atoms with Gasteiger partial charge in [0.05, 0.1) is 4.60 Å². The predicted molar refractivity (Wildman–Crippen MR) is 47.0 cm³/mol. The Morgan fingerprint density at radius 1 is 1.33 bits per heavy atom. The summed E-state index contributed by atoms with van der Waals surface area (Å²) in [4.78, 5) is 2.91. The number of hydrogen-bond donors (Lipinski definition) is 1. The number of aromatic amines is 1. The van der Waals surface area contributed by atoms with Crippen LogP contribution in [0.2, 0.25) is 0 Å². The van der Waals surface area contributed by atoms with Crippen molar-refractivity contribution in [1.29, 1.82) is 0 Å². The molecule has 0 fully saturated rings. The average Bonchev–Trinajstić information content (AvgIpc) is 1.59. The van der Waals surface area contributed by atoms with Crippen molar-refractivity contribution in [2.24, 2.45) is 0 Å². The maximum absolute atomic E-state index is 4.87. The Morgan fingerprint density at radius 3 is 2.44 bits per heavy atom. The van der Waals surface area contributed by atoms with Crippen molar-refractivity contribution in [3.05, 3.63) is 25.8 Å². The molecule has 0 saturated heterocycles. The summed E-state index contributed by atoms with van der Waals surface area (Å²) in [6.07, 6.45) is 0. The van der Waals surface area contributed by atoms with E-state index in [-0.39, 0.29) is 0 Å². The molecule has 1 heterocycles. The van der Waals surface area contributed by atoms with Crippen LogP contribution in [-0.4, -0.2) is 4.98 Å². The lowest BCUT2D eigenvalue weighted by Crippen LogP contribution is -1.74. The maximum atomic E-state index is 4.87. The van der Waals surface area contributed by atoms with Gasteiger partial charge in [0, 0.05) is 4.47 Å². The van der Waals surface area contributed by atoms with Crippen LogP contribution in [0, 0.1) is 4.64 Å². The van der Waals surface area contributed by atoms with Gasteiger partial charge in [-0.05, 0) is 28.1 Å². The third-order valence-electron chi connectivity index (χ3n) is 0.776. The molecular formula is C5H3Br2NS. The van der Waals surface area contributed by atoms with Gasteiger partial charge in [-0.3, -0.25) is 0 Å². The van der Waals surface area contributed by atoms with E-state index in [1.807, 2.05) is 12.1 Å². The number of rotatable bonds is 0. The van der Waals surface area contributed by atoms with Gasteiger partial charge in [0.2, 0.25) is 0 Å². The van der Waals surface area contributed by atoms with Crippen molar-refractivity contribution in [3.8, 4) is 0 Å². The lowest BCUT2D eigenvalue weighted by molar-refractivity contribution is 1.24. The fraction of sp³-hybridized carbons (Fsp3) is 0. The molecule has 0 atom stereocenters. The highest BCUT2D eigenvalue weighted by atomic mass is 79.9. The smallest absolute Gasteiger partial charge is 0.105 e. The number of nitrogens with one attached hydrogen (secondary N) is 1. The Labute approximate surface area is 74.7 Å². The highest BCUT2D eigenvalue weighted by molar-refractivity contribution is 9.11. The Bertz CT molecular complexity index is 245. The first-order valence-electron chi connectivity index (χ1n) is 2.24. The minimum absolute atomic E-state index is 0.719. The summed E-state index contributed by atoms with van der Waals surface area (Å²) in [6, 6.07) is 3.73. The summed E-state index contributed by atoms with van der Waals surface area (Å²) in [5.74, 6) is 0. The predicted octanol–water partition coefficient (Wildman–Crippen LogP) is 3.27. The van der Waals surface area contributed by atoms with Gasteiger partial charge in [0.1, 0.15) is 4.64 Å². The first kappa shape index (κ1) is 7.44. The highest BCUT2D eigenvalue weighted by Gasteiger charge is 1.87. The van der Waals surface area contributed by atoms with Crippen molar-refractivity contribution in [2.75, 3.05) is 0 Å². The molecule has 0 unspecified atom stereocenters. The second-order valence-electron chi connectivity index (χ2n) is 1.51. The standard InChI is InChI=1S/C5H3Br2NS/c6-3-1-4(7)8-5(9)2-3/h1-2H,(H,8,9). The lowest BCUT2D eigenvalue weighted by atomic mass is 10.5. The number of H-pyrrole nitrogens is 1. The van der Waals surface area contributed by atoms with Crippen molar-refractivity contribution < 1.29 is 0 Å². The van der Waals surface area contributed by atoms with Crippen LogP contribution in [0.4, 0.5) is 0 Å². The molecule has 0 spiro atoms. The third kappa shape index (κ3) is 2.20. The highest BCUT2D eigenvalue weighted by Crippen LogP contribution is 2.13. The Kier molecular flexibility index (Phi) is 2.43. The molecule has 0 bridgehead atoms. The minimum Gasteiger partial charge on any atom is -0.341 e. The van der Waals surface area contributed by atoms with Crippen LogP contribution in [0.5, 0.6) is 0 Å². The van der Waals surface area contributed by atoms with E-state index in [0.717, 1.165) is 13.7 Å². The van der Waals surface area contributed by atoms with E-state index >= 15 is 0 Å². The summed E-state index contributed by atoms with van der Waals surface area (Å²) in [5, 5.41) is 0. The van der Waals surface area contributed by atoms with Gasteiger partial charge in [-0.25, -0.2) is 0 Å². The zero-order chi connectivity index (χ0) is 6.85. The zero-order valence-corrected chi connectivity index (χ0v) is 8.31. The van der Waals surface area contributed by atoms with Crippen molar-refractivity contribution in [1.82, 2.24) is 4.98 Å². The van der Waals surface area contributed by atoms with Crippen LogP contribution < -0.4 is 0 Å². The largest absolute Gasteiger partial charge is 0.341 e. The van der Waals surface area contributed by atoms with Gasteiger partial charge in [0.15, 0.2) is 0 Å². The lowest BCUT2D eigenvalue weighted by Gasteiger charge is -1.90. The number of aromatic nitrogens is 1. The molecule has 0 aliphatic heterocycles. The van der Waals surface area contributed by atoms with E-state index in [1.165, 1.54) is 0 Å². The third-order valence-corrected chi connectivity index (χ3v) is 1.88. The second-order valence-corrected chi connectivity index (χ2v) is 3.72. The Morgan fingerprint density at radius 2 is 2.00 bits per heavy atom. The van der Waals surface area contributed by atoms with Crippen LogP contribution in [0.15, 0.2) is 21.2 Å². The van der Waals surface area contributed by atoms with Gasteiger partial charge >= 0.3 is 0 Å². The molecule has 1 aromatic heterocycles. The number of halogens is 2. The molecule has 1 aromatic rings. The van der Waals surface area contributed by atoms with Crippen LogP contribution >= 0.6 is 44.1 Å². The SMILES string of the molecule is S=c1cc(Br)cc(Br)[nH]1. The van der Waals surface area contributed by atoms with Crippen LogP contribution in [0.1, 0.15) is 0 Å². The molecule has 1 nitrogen and oxygen atoms in total. The monoisotopic (exact) mass is 267 g/mol. The normalized spacial score (nSPS) is 9.56. The topological polar surface area (TPSA) is 15.8 Å². The molecule has 9 heavy (non-hydrogen) atoms. The summed E-state index contributed by atoms with van der Waals surface area (Å²) in [6.45, 7) is 0. The Balaban J connectivity index is 3.33. The fourth-order valence-corrected chi connectivity index (χ4v) is 2.22. The van der Waals surface area contributed by atoms with E-state index in [4.69, 9.17) is 12.2 Å². The van der Waals surface area contributed by atoms with Gasteiger partial charge in [-0.1, -0.05) is 28.1 Å². The zero-order valence-electron chi connectivity index (χ0n) is 4.32. The molecule has 0 aliphatic carbocycles. The van der Waals surface area contributed by atoms with Gasteiger partial charge in [-0.2, -0.15) is 0 Å². The summed E-state index contributed by atoms with van der Waals surface area (Å²) in [5.41, 5.74) is 0. The molecule has 0 aliphatic rings. The summed E-state index contributed by atoms with van der Waals surface area (Å²) >= 11 is 11.4. The van der Waals surface area contributed by atoms with E-state index in [2.05, 4.69) is 36.8 Å². The Hall–Kier alpha value is 0.330. The first-order valence-corrected chi connectivity index (χ1v) is 4.23. The number of hydrogen-bond acceptors (Lipinski definition) is 1.